The predicted molar refractivity (Wildman–Crippen MR) is 152 cm³/mol. The number of carbonyl (C=O) groups is 3. The molecule has 0 spiro atoms. The van der Waals surface area contributed by atoms with Crippen LogP contribution < -0.4 is 10.6 Å². The van der Waals surface area contributed by atoms with E-state index < -0.39 is 18.4 Å². The van der Waals surface area contributed by atoms with Crippen LogP contribution in [-0.4, -0.2) is 84.1 Å². The Morgan fingerprint density at radius 1 is 1.10 bits per heavy atom. The van der Waals surface area contributed by atoms with Crippen molar-refractivity contribution in [2.24, 2.45) is 0 Å². The molecule has 3 aromatic rings. The molecule has 1 aromatic heterocycles. The predicted octanol–water partition coefficient (Wildman–Crippen LogP) is 3.09. The molecule has 1 unspecified atom stereocenters. The van der Waals surface area contributed by atoms with Crippen molar-refractivity contribution in [1.29, 1.82) is 0 Å². The van der Waals surface area contributed by atoms with Crippen LogP contribution in [0.1, 0.15) is 40.0 Å². The fraction of sp³-hybridized carbons (Fsp3) is 0.419. The van der Waals surface area contributed by atoms with E-state index in [1.54, 1.807) is 6.07 Å². The van der Waals surface area contributed by atoms with Crippen LogP contribution in [0, 0.1) is 0 Å². The molecule has 3 heterocycles. The van der Waals surface area contributed by atoms with Gasteiger partial charge in [0.25, 0.3) is 11.8 Å². The number of oxazole rings is 1. The number of hydrogen-bond donors (Lipinski definition) is 2. The van der Waals surface area contributed by atoms with Crippen LogP contribution in [-0.2, 0) is 29.0 Å². The Bertz CT molecular complexity index is 1390. The Balaban J connectivity index is 1.35. The maximum Gasteiger partial charge on any atom is 0.276 e. The zero-order valence-electron chi connectivity index (χ0n) is 23.4. The van der Waals surface area contributed by atoms with Gasteiger partial charge in [-0.05, 0) is 41.7 Å². The first kappa shape index (κ1) is 29.5. The first-order valence-corrected chi connectivity index (χ1v) is 14.3. The van der Waals surface area contributed by atoms with Gasteiger partial charge < -0.3 is 24.7 Å². The van der Waals surface area contributed by atoms with E-state index in [4.69, 9.17) is 4.42 Å². The van der Waals surface area contributed by atoms with Crippen molar-refractivity contribution in [2.75, 3.05) is 39.3 Å². The molecule has 42 heavy (non-hydrogen) atoms. The van der Waals surface area contributed by atoms with Gasteiger partial charge in [-0.25, -0.2) is 13.8 Å². The molecule has 11 heteroatoms. The normalized spacial score (nSPS) is 17.9. The van der Waals surface area contributed by atoms with Crippen molar-refractivity contribution in [3.63, 3.8) is 0 Å². The second-order valence-corrected chi connectivity index (χ2v) is 10.8. The molecular formula is C31H35F2N5O4. The average molecular weight is 580 g/mol. The molecule has 0 saturated carbocycles. The van der Waals surface area contributed by atoms with E-state index >= 15 is 0 Å². The number of benzene rings is 2. The van der Waals surface area contributed by atoms with Crippen molar-refractivity contribution < 1.29 is 27.6 Å². The third-order valence-corrected chi connectivity index (χ3v) is 7.75. The number of likely N-dealkylation sites (tertiary alicyclic amines) is 1. The fourth-order valence-electron chi connectivity index (χ4n) is 5.47. The van der Waals surface area contributed by atoms with Gasteiger partial charge >= 0.3 is 0 Å². The van der Waals surface area contributed by atoms with Gasteiger partial charge in [0.1, 0.15) is 12.5 Å². The zero-order valence-corrected chi connectivity index (χ0v) is 23.4. The number of halogens is 2. The van der Waals surface area contributed by atoms with Crippen molar-refractivity contribution in [3.05, 3.63) is 77.2 Å². The van der Waals surface area contributed by atoms with E-state index in [0.29, 0.717) is 12.0 Å². The van der Waals surface area contributed by atoms with Gasteiger partial charge in [0, 0.05) is 51.3 Å². The first-order valence-electron chi connectivity index (χ1n) is 14.3. The number of aromatic nitrogens is 1. The topological polar surface area (TPSA) is 108 Å². The van der Waals surface area contributed by atoms with E-state index in [1.165, 1.54) is 6.26 Å². The van der Waals surface area contributed by atoms with E-state index in [0.717, 1.165) is 54.1 Å². The van der Waals surface area contributed by atoms with Crippen molar-refractivity contribution in [1.82, 2.24) is 25.4 Å². The number of piperazine rings is 1. The minimum absolute atomic E-state index is 0.0342. The Hall–Kier alpha value is -3.96. The van der Waals surface area contributed by atoms with Crippen molar-refractivity contribution in [2.45, 2.75) is 44.2 Å². The van der Waals surface area contributed by atoms with E-state index in [1.807, 2.05) is 42.5 Å². The smallest absolute Gasteiger partial charge is 0.276 e. The lowest BCUT2D eigenvalue weighted by Gasteiger charge is -2.32. The minimum atomic E-state index is -2.92. The van der Waals surface area contributed by atoms with Crippen LogP contribution in [0.4, 0.5) is 8.78 Å². The summed E-state index contributed by atoms with van der Waals surface area (Å²) in [7, 11) is 0. The number of aldehydes is 1. The molecule has 2 saturated heterocycles. The summed E-state index contributed by atoms with van der Waals surface area (Å²) in [5.41, 5.74) is 3.14. The molecule has 0 bridgehead atoms. The summed E-state index contributed by atoms with van der Waals surface area (Å²) < 4.78 is 33.4. The van der Waals surface area contributed by atoms with Crippen LogP contribution >= 0.6 is 0 Å². The van der Waals surface area contributed by atoms with Gasteiger partial charge in [-0.1, -0.05) is 36.4 Å². The molecule has 2 aliphatic heterocycles. The van der Waals surface area contributed by atoms with Gasteiger partial charge in [-0.3, -0.25) is 14.5 Å². The lowest BCUT2D eigenvalue weighted by Crippen LogP contribution is -2.49. The fourth-order valence-corrected chi connectivity index (χ4v) is 5.47. The third kappa shape index (κ3) is 7.46. The number of carbonyl (C=O) groups excluding carboxylic acids is 3. The van der Waals surface area contributed by atoms with Crippen LogP contribution in [0.5, 0.6) is 0 Å². The highest BCUT2D eigenvalue weighted by atomic mass is 19.3. The van der Waals surface area contributed by atoms with Gasteiger partial charge in [0.2, 0.25) is 11.8 Å². The highest BCUT2D eigenvalue weighted by Crippen LogP contribution is 2.29. The second-order valence-electron chi connectivity index (χ2n) is 10.8. The number of piperidine rings is 1. The Labute approximate surface area is 243 Å². The summed E-state index contributed by atoms with van der Waals surface area (Å²) in [5.74, 6) is -3.46. The van der Waals surface area contributed by atoms with Crippen LogP contribution in [0.15, 0.2) is 59.2 Å². The molecular weight excluding hydrogens is 544 g/mol. The van der Waals surface area contributed by atoms with Crippen LogP contribution in [0.25, 0.3) is 11.5 Å². The standard InChI is InChI=1S/C31H35F2N5O4/c32-31(33)9-4-12-38(21-31)30(41)27-20-42-29(36-27)23-7-8-24(18-35-28(40)15-22-5-2-1-3-6-22)25(16-23)17-26(19-39)37-13-10-34-11-14-37/h1-3,5-8,16,19-20,26,34H,4,9-15,17-18,21H2,(H,35,40). The highest BCUT2D eigenvalue weighted by molar-refractivity contribution is 5.92. The first-order chi connectivity index (χ1) is 20.3. The summed E-state index contributed by atoms with van der Waals surface area (Å²) in [4.78, 5) is 45.3. The Morgan fingerprint density at radius 2 is 1.88 bits per heavy atom. The number of amides is 2. The molecule has 222 valence electrons. The molecule has 5 rings (SSSR count). The monoisotopic (exact) mass is 579 g/mol. The molecule has 9 nitrogen and oxygen atoms in total. The second kappa shape index (κ2) is 13.3. The number of nitrogens with zero attached hydrogens (tertiary/aromatic N) is 3. The summed E-state index contributed by atoms with van der Waals surface area (Å²) in [6.45, 7) is 2.95. The summed E-state index contributed by atoms with van der Waals surface area (Å²) in [5, 5.41) is 6.27. The molecule has 1 atom stereocenters. The third-order valence-electron chi connectivity index (χ3n) is 7.75. The maximum absolute atomic E-state index is 13.9. The molecule has 2 aromatic carbocycles. The van der Waals surface area contributed by atoms with Crippen LogP contribution in [0.3, 0.4) is 0 Å². The van der Waals surface area contributed by atoms with Gasteiger partial charge in [0.05, 0.1) is 19.0 Å². The average Bonchev–Trinajstić information content (AvgIpc) is 3.49. The number of rotatable bonds is 10. The quantitative estimate of drug-likeness (QED) is 0.356. The molecule has 2 fully saturated rings. The SMILES string of the molecule is O=CC(Cc1cc(-c2nc(C(=O)N3CCCC(F)(F)C3)co2)ccc1CNC(=O)Cc1ccccc1)N1CCNCC1. The summed E-state index contributed by atoms with van der Waals surface area (Å²) in [6.07, 6.45) is 2.79. The number of nitrogens with one attached hydrogen (secondary N) is 2. The van der Waals surface area contributed by atoms with E-state index in [9.17, 15) is 23.2 Å². The number of hydrogen-bond acceptors (Lipinski definition) is 7. The molecule has 0 radical (unpaired) electrons. The van der Waals surface area contributed by atoms with E-state index in [2.05, 4.69) is 20.5 Å². The lowest BCUT2D eigenvalue weighted by molar-refractivity contribution is -0.120. The number of alkyl halides is 2. The molecule has 2 N–H and O–H groups in total. The van der Waals surface area contributed by atoms with Gasteiger partial charge in [-0.15, -0.1) is 0 Å². The Kier molecular flexibility index (Phi) is 9.38. The highest BCUT2D eigenvalue weighted by Gasteiger charge is 2.38. The van der Waals surface area contributed by atoms with E-state index in [-0.39, 0.29) is 55.9 Å². The van der Waals surface area contributed by atoms with Gasteiger partial charge in [-0.2, -0.15) is 0 Å². The van der Waals surface area contributed by atoms with Crippen LogP contribution in [0.2, 0.25) is 0 Å². The van der Waals surface area contributed by atoms with Gasteiger partial charge in [0.15, 0.2) is 5.69 Å². The molecule has 2 aliphatic rings. The minimum Gasteiger partial charge on any atom is -0.444 e. The summed E-state index contributed by atoms with van der Waals surface area (Å²) >= 11 is 0. The lowest BCUT2D eigenvalue weighted by atomic mass is 9.96. The molecule has 0 aliphatic carbocycles. The maximum atomic E-state index is 13.9. The van der Waals surface area contributed by atoms with Crippen molar-refractivity contribution in [3.8, 4) is 11.5 Å². The Morgan fingerprint density at radius 3 is 2.62 bits per heavy atom. The largest absolute Gasteiger partial charge is 0.444 e. The van der Waals surface area contributed by atoms with Crippen molar-refractivity contribution >= 4 is 18.1 Å². The molecule has 2 amide bonds. The zero-order chi connectivity index (χ0) is 29.5. The summed E-state index contributed by atoms with van der Waals surface area (Å²) in [6, 6.07) is 14.6.